The summed E-state index contributed by atoms with van der Waals surface area (Å²) >= 11 is 0. The van der Waals surface area contributed by atoms with Gasteiger partial charge in [0.25, 0.3) is 0 Å². The van der Waals surface area contributed by atoms with Crippen LogP contribution >= 0.6 is 0 Å². The van der Waals surface area contributed by atoms with Crippen LogP contribution in [0, 0.1) is 0 Å². The first kappa shape index (κ1) is 23.5. The lowest BCUT2D eigenvalue weighted by Crippen LogP contribution is -2.39. The molecule has 0 aliphatic heterocycles. The molecular formula is C21H33N3O4. The zero-order valence-electron chi connectivity index (χ0n) is 17.7. The van der Waals surface area contributed by atoms with E-state index < -0.39 is 11.6 Å². The highest BCUT2D eigenvalue weighted by Crippen LogP contribution is 2.21. The number of aryl methyl sites for hydroxylation is 1. The smallest absolute Gasteiger partial charge is 0.349 e. The lowest BCUT2D eigenvalue weighted by Gasteiger charge is -2.24. The minimum absolute atomic E-state index is 0.310. The van der Waals surface area contributed by atoms with Gasteiger partial charge < -0.3 is 19.8 Å². The highest BCUT2D eigenvalue weighted by Gasteiger charge is 2.31. The molecule has 7 nitrogen and oxygen atoms in total. The van der Waals surface area contributed by atoms with Crippen molar-refractivity contribution in [3.05, 3.63) is 29.8 Å². The molecule has 7 heteroatoms. The van der Waals surface area contributed by atoms with Gasteiger partial charge in [-0.15, -0.1) is 0 Å². The van der Waals surface area contributed by atoms with Crippen molar-refractivity contribution in [3.8, 4) is 5.75 Å². The third-order valence-electron chi connectivity index (χ3n) is 3.97. The van der Waals surface area contributed by atoms with Gasteiger partial charge in [0.15, 0.2) is 5.60 Å². The van der Waals surface area contributed by atoms with E-state index in [1.54, 1.807) is 25.7 Å². The Kier molecular flexibility index (Phi) is 10.1. The predicted octanol–water partition coefficient (Wildman–Crippen LogP) is 3.13. The first-order chi connectivity index (χ1) is 13.4. The van der Waals surface area contributed by atoms with Crippen molar-refractivity contribution in [3.63, 3.8) is 0 Å². The van der Waals surface area contributed by atoms with Gasteiger partial charge in [0.2, 0.25) is 6.41 Å². The van der Waals surface area contributed by atoms with Crippen LogP contribution in [0.25, 0.3) is 0 Å². The minimum atomic E-state index is -1.07. The number of nitrogens with one attached hydrogen (secondary N) is 1. The van der Waals surface area contributed by atoms with Gasteiger partial charge >= 0.3 is 5.97 Å². The molecule has 28 heavy (non-hydrogen) atoms. The monoisotopic (exact) mass is 391 g/mol. The first-order valence-electron chi connectivity index (χ1n) is 9.84. The number of carbonyl (C=O) groups is 2. The average molecular weight is 392 g/mol. The van der Waals surface area contributed by atoms with E-state index in [-0.39, 0.29) is 0 Å². The Morgan fingerprint density at radius 1 is 1.29 bits per heavy atom. The Morgan fingerprint density at radius 2 is 2.04 bits per heavy atom. The fraction of sp³-hybridized carbons (Fsp3) is 0.571. The molecule has 0 bridgehead atoms. The molecule has 0 unspecified atom stereocenters. The molecule has 0 fully saturated rings. The Labute approximate surface area is 168 Å². The van der Waals surface area contributed by atoms with Crippen LogP contribution in [0.1, 0.15) is 53.0 Å². The molecule has 0 saturated carbocycles. The van der Waals surface area contributed by atoms with Gasteiger partial charge in [-0.05, 0) is 58.2 Å². The first-order valence-corrected chi connectivity index (χ1v) is 9.84. The lowest BCUT2D eigenvalue weighted by atomic mass is 10.1. The summed E-state index contributed by atoms with van der Waals surface area (Å²) in [6, 6.07) is 7.58. The highest BCUT2D eigenvalue weighted by atomic mass is 16.6. The molecule has 156 valence electrons. The Hall–Kier alpha value is -2.57. The molecule has 0 spiro atoms. The van der Waals surface area contributed by atoms with Gasteiger partial charge in [0.1, 0.15) is 11.6 Å². The Morgan fingerprint density at radius 3 is 2.64 bits per heavy atom. The second-order valence-electron chi connectivity index (χ2n) is 6.82. The number of hydrogen-bond donors (Lipinski definition) is 1. The SMILES string of the molecule is CCCN(C=O)/C(CCc1cccc(OC(C)(C)C(=O)OCC)c1)=N\NCC. The number of carbonyl (C=O) groups excluding carboxylic acids is 2. The van der Waals surface area contributed by atoms with Gasteiger partial charge in [-0.2, -0.15) is 5.10 Å². The topological polar surface area (TPSA) is 80.2 Å². The number of amides is 1. The molecule has 1 N–H and O–H groups in total. The highest BCUT2D eigenvalue weighted by molar-refractivity contribution is 5.90. The van der Waals surface area contributed by atoms with Crippen LogP contribution < -0.4 is 10.2 Å². The van der Waals surface area contributed by atoms with Crippen LogP contribution in [0.4, 0.5) is 0 Å². The van der Waals surface area contributed by atoms with Crippen LogP contribution in [-0.2, 0) is 20.7 Å². The summed E-state index contributed by atoms with van der Waals surface area (Å²) in [6.45, 7) is 10.7. The van der Waals surface area contributed by atoms with E-state index in [9.17, 15) is 9.59 Å². The Bertz CT molecular complexity index is 659. The molecule has 1 aromatic carbocycles. The zero-order chi connectivity index (χ0) is 21.0. The summed E-state index contributed by atoms with van der Waals surface area (Å²) in [5.41, 5.74) is 2.90. The largest absolute Gasteiger partial charge is 0.476 e. The number of ether oxygens (including phenoxy) is 2. The molecule has 0 heterocycles. The summed E-state index contributed by atoms with van der Waals surface area (Å²) in [5, 5.41) is 4.34. The maximum atomic E-state index is 12.0. The van der Waals surface area contributed by atoms with Crippen LogP contribution in [0.3, 0.4) is 0 Å². The third kappa shape index (κ3) is 7.58. The number of esters is 1. The number of nitrogens with zero attached hydrogens (tertiary/aromatic N) is 2. The molecule has 0 aliphatic rings. The number of hydrazone groups is 1. The van der Waals surface area contributed by atoms with E-state index in [0.717, 1.165) is 18.4 Å². The second kappa shape index (κ2) is 12.0. The number of benzene rings is 1. The van der Waals surface area contributed by atoms with Crippen molar-refractivity contribution in [1.29, 1.82) is 0 Å². The second-order valence-corrected chi connectivity index (χ2v) is 6.82. The van der Waals surface area contributed by atoms with Crippen molar-refractivity contribution in [2.75, 3.05) is 19.7 Å². The predicted molar refractivity (Wildman–Crippen MR) is 110 cm³/mol. The van der Waals surface area contributed by atoms with E-state index in [2.05, 4.69) is 10.5 Å². The van der Waals surface area contributed by atoms with Crippen LogP contribution in [0.2, 0.25) is 0 Å². The molecule has 0 aliphatic carbocycles. The number of rotatable bonds is 12. The zero-order valence-corrected chi connectivity index (χ0v) is 17.7. The van der Waals surface area contributed by atoms with Crippen molar-refractivity contribution < 1.29 is 19.1 Å². The molecule has 0 saturated heterocycles. The van der Waals surface area contributed by atoms with Gasteiger partial charge in [-0.25, -0.2) is 4.79 Å². The van der Waals surface area contributed by atoms with E-state index >= 15 is 0 Å². The molecule has 1 amide bonds. The molecule has 0 radical (unpaired) electrons. The maximum absolute atomic E-state index is 12.0. The fourth-order valence-corrected chi connectivity index (χ4v) is 2.58. The number of amidine groups is 1. The minimum Gasteiger partial charge on any atom is -0.476 e. The van der Waals surface area contributed by atoms with Crippen LogP contribution in [-0.4, -0.2) is 48.4 Å². The van der Waals surface area contributed by atoms with Crippen molar-refractivity contribution in [2.24, 2.45) is 5.10 Å². The molecule has 1 rings (SSSR count). The van der Waals surface area contributed by atoms with E-state index in [1.165, 1.54) is 0 Å². The molecule has 0 aromatic heterocycles. The van der Waals surface area contributed by atoms with E-state index in [4.69, 9.17) is 9.47 Å². The van der Waals surface area contributed by atoms with Crippen molar-refractivity contribution in [1.82, 2.24) is 10.3 Å². The molecule has 1 aromatic rings. The third-order valence-corrected chi connectivity index (χ3v) is 3.97. The summed E-state index contributed by atoms with van der Waals surface area (Å²) < 4.78 is 10.9. The molecular weight excluding hydrogens is 358 g/mol. The van der Waals surface area contributed by atoms with Gasteiger partial charge in [0.05, 0.1) is 6.61 Å². The van der Waals surface area contributed by atoms with Gasteiger partial charge in [-0.3, -0.25) is 4.79 Å². The maximum Gasteiger partial charge on any atom is 0.349 e. The molecule has 0 atom stereocenters. The Balaban J connectivity index is 2.85. The summed E-state index contributed by atoms with van der Waals surface area (Å²) in [5.74, 6) is 0.903. The number of hydrogen-bond acceptors (Lipinski definition) is 6. The van der Waals surface area contributed by atoms with Gasteiger partial charge in [-0.1, -0.05) is 19.1 Å². The standard InChI is InChI=1S/C21H33N3O4/c1-6-14-24(16-25)19(23-22-7-2)13-12-17-10-9-11-18(15-17)28-21(4,5)20(26)27-8-3/h9-11,15-16,22H,6-8,12-14H2,1-5H3/b23-19-. The van der Waals surface area contributed by atoms with E-state index in [0.29, 0.717) is 44.1 Å². The summed E-state index contributed by atoms with van der Waals surface area (Å²) in [4.78, 5) is 25.1. The van der Waals surface area contributed by atoms with Crippen LogP contribution in [0.15, 0.2) is 29.4 Å². The van der Waals surface area contributed by atoms with Gasteiger partial charge in [0, 0.05) is 19.5 Å². The van der Waals surface area contributed by atoms with Crippen molar-refractivity contribution >= 4 is 18.2 Å². The lowest BCUT2D eigenvalue weighted by molar-refractivity contribution is -0.158. The summed E-state index contributed by atoms with van der Waals surface area (Å²) in [6.07, 6.45) is 2.98. The van der Waals surface area contributed by atoms with E-state index in [1.807, 2.05) is 38.1 Å². The quantitative estimate of drug-likeness (QED) is 0.195. The summed E-state index contributed by atoms with van der Waals surface area (Å²) in [7, 11) is 0. The van der Waals surface area contributed by atoms with Crippen molar-refractivity contribution in [2.45, 2.75) is 59.5 Å². The fourth-order valence-electron chi connectivity index (χ4n) is 2.58. The average Bonchev–Trinajstić information content (AvgIpc) is 2.67. The normalized spacial score (nSPS) is 11.7. The van der Waals surface area contributed by atoms with Crippen LogP contribution in [0.5, 0.6) is 5.75 Å².